The van der Waals surface area contributed by atoms with Gasteiger partial charge < -0.3 is 4.90 Å². The van der Waals surface area contributed by atoms with Crippen LogP contribution in [0.5, 0.6) is 0 Å². The minimum Gasteiger partial charge on any atom is -0.323 e. The van der Waals surface area contributed by atoms with Gasteiger partial charge in [-0.1, -0.05) is 13.8 Å². The predicted octanol–water partition coefficient (Wildman–Crippen LogP) is 0.887. The molecule has 0 saturated carbocycles. The summed E-state index contributed by atoms with van der Waals surface area (Å²) in [6, 6.07) is 0. The van der Waals surface area contributed by atoms with Gasteiger partial charge in [-0.2, -0.15) is 24.4 Å². The molecule has 7 heteroatoms. The van der Waals surface area contributed by atoms with Gasteiger partial charge in [-0.15, -0.1) is 0 Å². The SMILES string of the molecule is CC(C)C(S)C(=O)N1CCSCC1S(C)(=O)=O. The molecule has 2 unspecified atom stereocenters. The highest BCUT2D eigenvalue weighted by Crippen LogP contribution is 2.23. The molecule has 0 spiro atoms. The monoisotopic (exact) mass is 297 g/mol. The number of nitrogens with zero attached hydrogens (tertiary/aromatic N) is 1. The first-order chi connectivity index (χ1) is 7.75. The molecule has 1 fully saturated rings. The van der Waals surface area contributed by atoms with E-state index in [2.05, 4.69) is 12.6 Å². The summed E-state index contributed by atoms with van der Waals surface area (Å²) in [5, 5.41) is -1.12. The molecule has 1 aliphatic rings. The molecule has 0 radical (unpaired) electrons. The second kappa shape index (κ2) is 5.84. The van der Waals surface area contributed by atoms with Crippen LogP contribution in [-0.2, 0) is 14.6 Å². The minimum absolute atomic E-state index is 0.0978. The van der Waals surface area contributed by atoms with E-state index in [0.29, 0.717) is 12.3 Å². The lowest BCUT2D eigenvalue weighted by Gasteiger charge is -2.36. The number of amides is 1. The van der Waals surface area contributed by atoms with Gasteiger partial charge in [-0.3, -0.25) is 4.79 Å². The van der Waals surface area contributed by atoms with Gasteiger partial charge in [0.2, 0.25) is 5.91 Å². The number of thioether (sulfide) groups is 1. The molecule has 1 rings (SSSR count). The lowest BCUT2D eigenvalue weighted by atomic mass is 10.1. The Kier molecular flexibility index (Phi) is 5.21. The lowest BCUT2D eigenvalue weighted by Crippen LogP contribution is -2.52. The average Bonchev–Trinajstić information content (AvgIpc) is 2.25. The van der Waals surface area contributed by atoms with E-state index in [1.165, 1.54) is 11.2 Å². The summed E-state index contributed by atoms with van der Waals surface area (Å²) in [7, 11) is -3.23. The molecule has 0 aromatic rings. The normalized spacial score (nSPS) is 23.8. The smallest absolute Gasteiger partial charge is 0.236 e. The molecule has 0 N–H and O–H groups in total. The Labute approximate surface area is 113 Å². The summed E-state index contributed by atoms with van der Waals surface area (Å²) >= 11 is 5.85. The zero-order valence-corrected chi connectivity index (χ0v) is 12.8. The summed E-state index contributed by atoms with van der Waals surface area (Å²) in [6.07, 6.45) is 1.19. The number of hydrogen-bond acceptors (Lipinski definition) is 5. The molecule has 1 saturated heterocycles. The number of rotatable bonds is 3. The van der Waals surface area contributed by atoms with Crippen LogP contribution in [-0.4, -0.2) is 54.2 Å². The zero-order valence-electron chi connectivity index (χ0n) is 10.3. The molecule has 2 atom stereocenters. The van der Waals surface area contributed by atoms with Gasteiger partial charge in [0.15, 0.2) is 9.84 Å². The Balaban J connectivity index is 2.89. The van der Waals surface area contributed by atoms with Crippen LogP contribution < -0.4 is 0 Å². The second-order valence-corrected chi connectivity index (χ2v) is 8.49. The van der Waals surface area contributed by atoms with E-state index in [9.17, 15) is 13.2 Å². The summed E-state index contributed by atoms with van der Waals surface area (Å²) < 4.78 is 23.3. The van der Waals surface area contributed by atoms with E-state index in [0.717, 1.165) is 5.75 Å². The lowest BCUT2D eigenvalue weighted by molar-refractivity contribution is -0.131. The van der Waals surface area contributed by atoms with Crippen molar-refractivity contribution in [3.63, 3.8) is 0 Å². The van der Waals surface area contributed by atoms with E-state index in [-0.39, 0.29) is 11.8 Å². The van der Waals surface area contributed by atoms with Gasteiger partial charge in [-0.05, 0) is 5.92 Å². The topological polar surface area (TPSA) is 54.5 Å². The third-order valence-corrected chi connectivity index (χ3v) is 6.21. The third-order valence-electron chi connectivity index (χ3n) is 2.75. The maximum Gasteiger partial charge on any atom is 0.236 e. The molecule has 1 amide bonds. The number of hydrogen-bond donors (Lipinski definition) is 1. The Morgan fingerprint density at radius 3 is 2.53 bits per heavy atom. The van der Waals surface area contributed by atoms with Crippen molar-refractivity contribution < 1.29 is 13.2 Å². The summed E-state index contributed by atoms with van der Waals surface area (Å²) in [5.74, 6) is 1.18. The average molecular weight is 297 g/mol. The highest BCUT2D eigenvalue weighted by molar-refractivity contribution is 8.00. The van der Waals surface area contributed by atoms with Gasteiger partial charge in [0.25, 0.3) is 0 Å². The van der Waals surface area contributed by atoms with E-state index in [1.807, 2.05) is 13.8 Å². The maximum absolute atomic E-state index is 12.2. The van der Waals surface area contributed by atoms with Crippen molar-refractivity contribution in [1.29, 1.82) is 0 Å². The van der Waals surface area contributed by atoms with E-state index in [4.69, 9.17) is 0 Å². The summed E-state index contributed by atoms with van der Waals surface area (Å²) in [6.45, 7) is 4.30. The van der Waals surface area contributed by atoms with Gasteiger partial charge in [0.05, 0.1) is 5.25 Å². The quantitative estimate of drug-likeness (QED) is 0.786. The van der Waals surface area contributed by atoms with E-state index < -0.39 is 20.5 Å². The standard InChI is InChI=1S/C10H19NO3S3/c1-7(2)9(15)10(12)11-4-5-16-6-8(11)17(3,13)14/h7-9,15H,4-6H2,1-3H3. The Morgan fingerprint density at radius 2 is 2.06 bits per heavy atom. The molecule has 0 aromatic heterocycles. The van der Waals surface area contributed by atoms with Crippen LogP contribution in [0.3, 0.4) is 0 Å². The van der Waals surface area contributed by atoms with Gasteiger partial charge in [0, 0.05) is 24.3 Å². The molecule has 0 aromatic carbocycles. The molecule has 0 bridgehead atoms. The molecule has 1 aliphatic heterocycles. The van der Waals surface area contributed by atoms with E-state index >= 15 is 0 Å². The second-order valence-electron chi connectivity index (χ2n) is 4.58. The van der Waals surface area contributed by atoms with Crippen molar-refractivity contribution in [3.05, 3.63) is 0 Å². The fraction of sp³-hybridized carbons (Fsp3) is 0.900. The largest absolute Gasteiger partial charge is 0.323 e. The third kappa shape index (κ3) is 3.79. The van der Waals surface area contributed by atoms with Crippen LogP contribution in [0.25, 0.3) is 0 Å². The number of thiol groups is 1. The number of carbonyl (C=O) groups is 1. The van der Waals surface area contributed by atoms with Crippen molar-refractivity contribution in [2.75, 3.05) is 24.3 Å². The van der Waals surface area contributed by atoms with Gasteiger partial charge >= 0.3 is 0 Å². The predicted molar refractivity (Wildman–Crippen MR) is 75.3 cm³/mol. The molecule has 0 aliphatic carbocycles. The first-order valence-corrected chi connectivity index (χ1v) is 9.13. The van der Waals surface area contributed by atoms with Crippen LogP contribution in [0.15, 0.2) is 0 Å². The number of sulfone groups is 1. The van der Waals surface area contributed by atoms with Crippen LogP contribution >= 0.6 is 24.4 Å². The molecular formula is C10H19NO3S3. The fourth-order valence-electron chi connectivity index (χ4n) is 1.64. The van der Waals surface area contributed by atoms with Crippen molar-refractivity contribution in [1.82, 2.24) is 4.90 Å². The molecule has 17 heavy (non-hydrogen) atoms. The first-order valence-electron chi connectivity index (χ1n) is 5.50. The molecular weight excluding hydrogens is 278 g/mol. The summed E-state index contributed by atoms with van der Waals surface area (Å²) in [4.78, 5) is 13.6. The molecule has 4 nitrogen and oxygen atoms in total. The van der Waals surface area contributed by atoms with Crippen LogP contribution in [0.2, 0.25) is 0 Å². The van der Waals surface area contributed by atoms with E-state index in [1.54, 1.807) is 11.8 Å². The van der Waals surface area contributed by atoms with Crippen molar-refractivity contribution in [3.8, 4) is 0 Å². The van der Waals surface area contributed by atoms with Gasteiger partial charge in [-0.25, -0.2) is 8.42 Å². The van der Waals surface area contributed by atoms with Crippen molar-refractivity contribution in [2.45, 2.75) is 24.5 Å². The molecule has 100 valence electrons. The van der Waals surface area contributed by atoms with Crippen LogP contribution in [0.1, 0.15) is 13.8 Å². The highest BCUT2D eigenvalue weighted by Gasteiger charge is 2.36. The van der Waals surface area contributed by atoms with Crippen molar-refractivity contribution in [2.24, 2.45) is 5.92 Å². The van der Waals surface area contributed by atoms with Gasteiger partial charge in [0.1, 0.15) is 5.37 Å². The molecule has 1 heterocycles. The minimum atomic E-state index is -3.23. The fourth-order valence-corrected chi connectivity index (χ4v) is 4.61. The van der Waals surface area contributed by atoms with Crippen molar-refractivity contribution >= 4 is 40.1 Å². The Bertz CT molecular complexity index is 380. The summed E-state index contributed by atoms with van der Waals surface area (Å²) in [5.41, 5.74) is 0. The van der Waals surface area contributed by atoms with Crippen LogP contribution in [0.4, 0.5) is 0 Å². The highest BCUT2D eigenvalue weighted by atomic mass is 32.2. The number of carbonyl (C=O) groups excluding carboxylic acids is 1. The Morgan fingerprint density at radius 1 is 1.47 bits per heavy atom. The van der Waals surface area contributed by atoms with Crippen LogP contribution in [0, 0.1) is 5.92 Å². The zero-order chi connectivity index (χ0) is 13.2. The Hall–Kier alpha value is 0.120. The first kappa shape index (κ1) is 15.2. The maximum atomic E-state index is 12.2.